The maximum atomic E-state index is 12.6. The zero-order valence-electron chi connectivity index (χ0n) is 14.8. The van der Waals surface area contributed by atoms with Crippen LogP contribution >= 0.6 is 23.8 Å². The third kappa shape index (κ3) is 4.04. The summed E-state index contributed by atoms with van der Waals surface area (Å²) in [5.41, 5.74) is 1.83. The van der Waals surface area contributed by atoms with Crippen molar-refractivity contribution in [2.24, 2.45) is 0 Å². The first-order chi connectivity index (χ1) is 13.4. The molecule has 1 aliphatic rings. The molecule has 2 N–H and O–H groups in total. The highest BCUT2D eigenvalue weighted by Gasteiger charge is 2.32. The highest BCUT2D eigenvalue weighted by atomic mass is 35.5. The number of aliphatic hydroxyl groups is 1. The van der Waals surface area contributed by atoms with Crippen LogP contribution in [0, 0.1) is 0 Å². The highest BCUT2D eigenvalue weighted by molar-refractivity contribution is 7.80. The Morgan fingerprint density at radius 1 is 1.18 bits per heavy atom. The normalized spacial score (nSPS) is 16.9. The number of nitrogens with zero attached hydrogens (tertiary/aromatic N) is 1. The van der Waals surface area contributed by atoms with E-state index in [4.69, 9.17) is 23.8 Å². The number of carbonyl (C=O) groups excluding carboxylic acids is 2. The van der Waals surface area contributed by atoms with Gasteiger partial charge in [-0.05, 0) is 35.0 Å². The molecule has 2 aromatic carbocycles. The molecule has 2 aromatic rings. The van der Waals surface area contributed by atoms with Crippen LogP contribution in [0.2, 0.25) is 0 Å². The predicted octanol–water partition coefficient (Wildman–Crippen LogP) is 3.40. The Hall–Kier alpha value is -2.80. The summed E-state index contributed by atoms with van der Waals surface area (Å²) in [6, 6.07) is 14.5. The van der Waals surface area contributed by atoms with Gasteiger partial charge in [-0.1, -0.05) is 66.2 Å². The molecule has 0 aromatic heterocycles. The fourth-order valence-corrected chi connectivity index (χ4v) is 3.32. The van der Waals surface area contributed by atoms with Crippen LogP contribution in [0.1, 0.15) is 16.7 Å². The molecular formula is C21H17ClN2O3S. The zero-order valence-corrected chi connectivity index (χ0v) is 16.3. The maximum Gasteiger partial charge on any atom is 0.265 e. The number of alkyl halides is 1. The number of amides is 2. The molecule has 5 nitrogen and oxygen atoms in total. The van der Waals surface area contributed by atoms with Crippen molar-refractivity contribution in [3.05, 3.63) is 77.9 Å². The van der Waals surface area contributed by atoms with E-state index in [2.05, 4.69) is 11.9 Å². The molecule has 3 rings (SSSR count). The van der Waals surface area contributed by atoms with Crippen LogP contribution in [0.15, 0.2) is 66.8 Å². The molecule has 142 valence electrons. The monoisotopic (exact) mass is 412 g/mol. The largest absolute Gasteiger partial charge is 0.373 e. The minimum atomic E-state index is -1.11. The number of aliphatic hydroxyl groups excluding tert-OH is 1. The number of halogens is 1. The molecule has 1 unspecified atom stereocenters. The average Bonchev–Trinajstić information content (AvgIpc) is 2.69. The van der Waals surface area contributed by atoms with Gasteiger partial charge in [0.1, 0.15) is 5.57 Å². The SMILES string of the molecule is C=CCN1C(=O)C(=Cc2ccc(-c3ccccc3C(O)Cl)cc2)C(=O)NC1=S. The smallest absolute Gasteiger partial charge is 0.265 e. The minimum Gasteiger partial charge on any atom is -0.373 e. The van der Waals surface area contributed by atoms with Crippen molar-refractivity contribution in [2.45, 2.75) is 5.56 Å². The van der Waals surface area contributed by atoms with Crippen LogP contribution in [-0.2, 0) is 9.59 Å². The quantitative estimate of drug-likeness (QED) is 0.259. The number of carbonyl (C=O) groups is 2. The van der Waals surface area contributed by atoms with E-state index in [0.29, 0.717) is 11.1 Å². The lowest BCUT2D eigenvalue weighted by molar-refractivity contribution is -0.128. The van der Waals surface area contributed by atoms with E-state index in [0.717, 1.165) is 11.1 Å². The van der Waals surface area contributed by atoms with Crippen molar-refractivity contribution in [1.82, 2.24) is 10.2 Å². The Labute approximate surface area is 172 Å². The van der Waals surface area contributed by atoms with E-state index in [9.17, 15) is 14.7 Å². The van der Waals surface area contributed by atoms with Gasteiger partial charge in [-0.2, -0.15) is 0 Å². The molecule has 1 saturated heterocycles. The van der Waals surface area contributed by atoms with Crippen molar-refractivity contribution in [3.63, 3.8) is 0 Å². The molecule has 1 atom stereocenters. The molecule has 1 heterocycles. The van der Waals surface area contributed by atoms with Gasteiger partial charge in [0.25, 0.3) is 11.8 Å². The first-order valence-corrected chi connectivity index (χ1v) is 9.28. The lowest BCUT2D eigenvalue weighted by atomic mass is 9.98. The molecular weight excluding hydrogens is 396 g/mol. The van der Waals surface area contributed by atoms with Crippen LogP contribution in [0.25, 0.3) is 17.2 Å². The second kappa shape index (κ2) is 8.48. The molecule has 1 aliphatic heterocycles. The second-order valence-corrected chi connectivity index (χ2v) is 6.87. The molecule has 28 heavy (non-hydrogen) atoms. The standard InChI is InChI=1S/C21H17ClN2O3S/c1-2-11-24-20(27)17(19(26)23-21(24)28)12-13-7-9-14(10-8-13)15-5-3-4-6-16(15)18(22)25/h2-10,12,18,25H,1,11H2,(H,23,26,28). The van der Waals surface area contributed by atoms with E-state index < -0.39 is 17.4 Å². The molecule has 7 heteroatoms. The van der Waals surface area contributed by atoms with Gasteiger partial charge in [-0.3, -0.25) is 19.8 Å². The number of hydrogen-bond acceptors (Lipinski definition) is 4. The van der Waals surface area contributed by atoms with E-state index in [1.165, 1.54) is 17.1 Å². The molecule has 0 radical (unpaired) electrons. The summed E-state index contributed by atoms with van der Waals surface area (Å²) in [5.74, 6) is -0.997. The first-order valence-electron chi connectivity index (χ1n) is 8.43. The van der Waals surface area contributed by atoms with Crippen molar-refractivity contribution in [1.29, 1.82) is 0 Å². The lowest BCUT2D eigenvalue weighted by Gasteiger charge is -2.27. The van der Waals surface area contributed by atoms with Crippen LogP contribution < -0.4 is 5.32 Å². The molecule has 0 bridgehead atoms. The van der Waals surface area contributed by atoms with Crippen LogP contribution in [0.3, 0.4) is 0 Å². The van der Waals surface area contributed by atoms with Gasteiger partial charge in [-0.25, -0.2) is 0 Å². The van der Waals surface area contributed by atoms with Crippen molar-refractivity contribution >= 4 is 46.8 Å². The second-order valence-electron chi connectivity index (χ2n) is 6.07. The summed E-state index contributed by atoms with van der Waals surface area (Å²) in [6.07, 6.45) is 3.05. The summed E-state index contributed by atoms with van der Waals surface area (Å²) in [6.45, 7) is 3.81. The highest BCUT2D eigenvalue weighted by Crippen LogP contribution is 2.30. The van der Waals surface area contributed by atoms with Gasteiger partial charge in [0.2, 0.25) is 0 Å². The van der Waals surface area contributed by atoms with Gasteiger partial charge >= 0.3 is 0 Å². The summed E-state index contributed by atoms with van der Waals surface area (Å²) >= 11 is 10.9. The molecule has 0 aliphatic carbocycles. The third-order valence-corrected chi connectivity index (χ3v) is 4.81. The van der Waals surface area contributed by atoms with E-state index in [1.54, 1.807) is 24.3 Å². The molecule has 0 spiro atoms. The fourth-order valence-electron chi connectivity index (χ4n) is 2.88. The summed E-state index contributed by atoms with van der Waals surface area (Å²) < 4.78 is 0. The number of rotatable bonds is 5. The Morgan fingerprint density at radius 3 is 2.50 bits per heavy atom. The molecule has 0 saturated carbocycles. The third-order valence-electron chi connectivity index (χ3n) is 4.25. The summed E-state index contributed by atoms with van der Waals surface area (Å²) in [7, 11) is 0. The maximum absolute atomic E-state index is 12.6. The van der Waals surface area contributed by atoms with Gasteiger partial charge in [0, 0.05) is 12.1 Å². The molecule has 1 fully saturated rings. The lowest BCUT2D eigenvalue weighted by Crippen LogP contribution is -2.53. The average molecular weight is 413 g/mol. The topological polar surface area (TPSA) is 69.6 Å². The van der Waals surface area contributed by atoms with Crippen LogP contribution in [-0.4, -0.2) is 33.5 Å². The van der Waals surface area contributed by atoms with E-state index >= 15 is 0 Å². The molecule has 2 amide bonds. The number of nitrogens with one attached hydrogen (secondary N) is 1. The van der Waals surface area contributed by atoms with E-state index in [-0.39, 0.29) is 17.2 Å². The van der Waals surface area contributed by atoms with Gasteiger partial charge in [0.15, 0.2) is 10.7 Å². The zero-order chi connectivity index (χ0) is 20.3. The van der Waals surface area contributed by atoms with Gasteiger partial charge in [-0.15, -0.1) is 6.58 Å². The Bertz CT molecular complexity index is 983. The van der Waals surface area contributed by atoms with Gasteiger partial charge in [0.05, 0.1) is 0 Å². The number of hydrogen-bond donors (Lipinski definition) is 2. The van der Waals surface area contributed by atoms with Crippen LogP contribution in [0.4, 0.5) is 0 Å². The Morgan fingerprint density at radius 2 is 1.86 bits per heavy atom. The predicted molar refractivity (Wildman–Crippen MR) is 113 cm³/mol. The fraction of sp³-hybridized carbons (Fsp3) is 0.0952. The number of thiocarbonyl (C=S) groups is 1. The van der Waals surface area contributed by atoms with E-state index in [1.807, 2.05) is 24.3 Å². The van der Waals surface area contributed by atoms with Crippen molar-refractivity contribution < 1.29 is 14.7 Å². The van der Waals surface area contributed by atoms with Gasteiger partial charge < -0.3 is 5.11 Å². The minimum absolute atomic E-state index is 0.000203. The summed E-state index contributed by atoms with van der Waals surface area (Å²) in [4.78, 5) is 26.0. The van der Waals surface area contributed by atoms with Crippen molar-refractivity contribution in [3.8, 4) is 11.1 Å². The Kier molecular flexibility index (Phi) is 6.04. The summed E-state index contributed by atoms with van der Waals surface area (Å²) in [5, 5.41) is 12.3. The van der Waals surface area contributed by atoms with Crippen molar-refractivity contribution in [2.75, 3.05) is 6.54 Å². The Balaban J connectivity index is 1.92. The van der Waals surface area contributed by atoms with Crippen LogP contribution in [0.5, 0.6) is 0 Å². The first kappa shape index (κ1) is 19.9. The number of benzene rings is 2.